The van der Waals surface area contributed by atoms with Crippen LogP contribution in [0.1, 0.15) is 24.1 Å². The zero-order valence-corrected chi connectivity index (χ0v) is 19.2. The molecule has 1 saturated heterocycles. The van der Waals surface area contributed by atoms with Crippen molar-refractivity contribution in [3.63, 3.8) is 0 Å². The Bertz CT molecular complexity index is 1090. The van der Waals surface area contributed by atoms with E-state index in [-0.39, 0.29) is 24.4 Å². The molecule has 0 saturated carbocycles. The van der Waals surface area contributed by atoms with Crippen molar-refractivity contribution in [2.45, 2.75) is 32.0 Å². The second kappa shape index (κ2) is 9.43. The van der Waals surface area contributed by atoms with Crippen LogP contribution in [-0.2, 0) is 15.8 Å². The van der Waals surface area contributed by atoms with E-state index in [1.165, 1.54) is 11.8 Å². The molecule has 176 valence electrons. The number of hydrogen-bond donors (Lipinski definition) is 0. The predicted molar refractivity (Wildman–Crippen MR) is 123 cm³/mol. The summed E-state index contributed by atoms with van der Waals surface area (Å²) in [5.41, 5.74) is 0.276. The lowest BCUT2D eigenvalue weighted by Gasteiger charge is -2.31. The summed E-state index contributed by atoms with van der Waals surface area (Å²) in [6, 6.07) is 5.82. The Morgan fingerprint density at radius 1 is 1.33 bits per heavy atom. The highest BCUT2D eigenvalue weighted by Crippen LogP contribution is 2.38. The van der Waals surface area contributed by atoms with Crippen LogP contribution >= 0.6 is 11.6 Å². The van der Waals surface area contributed by atoms with Crippen molar-refractivity contribution in [1.29, 1.82) is 0 Å². The maximum atomic E-state index is 13.5. The highest BCUT2D eigenvalue weighted by atomic mass is 35.5. The second-order valence-corrected chi connectivity index (χ2v) is 8.25. The van der Waals surface area contributed by atoms with Crippen LogP contribution in [0, 0.1) is 6.92 Å². The molecule has 1 fully saturated rings. The number of hydrogen-bond acceptors (Lipinski definition) is 4. The molecule has 1 aliphatic rings. The normalized spacial score (nSPS) is 16.2. The van der Waals surface area contributed by atoms with Gasteiger partial charge in [-0.05, 0) is 37.6 Å². The van der Waals surface area contributed by atoms with E-state index in [9.17, 15) is 22.8 Å². The molecule has 0 spiro atoms. The Labute approximate surface area is 195 Å². The number of halogens is 4. The summed E-state index contributed by atoms with van der Waals surface area (Å²) < 4.78 is 40.0. The lowest BCUT2D eigenvalue weighted by molar-refractivity contribution is -0.137. The number of aromatic nitrogens is 1. The van der Waals surface area contributed by atoms with Gasteiger partial charge in [0.2, 0.25) is 11.8 Å². The maximum absolute atomic E-state index is 13.5. The SMILES string of the molecule is C=CCN(C)c1c(Cl)cccc1N(C)C(=O)C1CCC(=O)N1c1cc(C(F)(F)F)cc(C)n1. The van der Waals surface area contributed by atoms with E-state index in [4.69, 9.17) is 11.6 Å². The second-order valence-electron chi connectivity index (χ2n) is 7.85. The number of carbonyl (C=O) groups excluding carboxylic acids is 2. The molecule has 1 aromatic heterocycles. The van der Waals surface area contributed by atoms with Gasteiger partial charge in [0.1, 0.15) is 11.9 Å². The topological polar surface area (TPSA) is 56.8 Å². The third-order valence-corrected chi connectivity index (χ3v) is 5.76. The van der Waals surface area contributed by atoms with Crippen molar-refractivity contribution in [3.05, 3.63) is 59.3 Å². The van der Waals surface area contributed by atoms with Crippen LogP contribution in [0.4, 0.5) is 30.4 Å². The third kappa shape index (κ3) is 4.98. The standard InChI is InChI=1S/C23H24ClF3N4O2/c1-5-11-29(3)21-16(24)7-6-8-17(21)30(4)22(33)18-9-10-20(32)31(18)19-13-15(23(25,26)27)12-14(2)28-19/h5-8,12-13,18H,1,9-11H2,2-4H3. The highest BCUT2D eigenvalue weighted by Gasteiger charge is 2.41. The van der Waals surface area contributed by atoms with Gasteiger partial charge in [-0.3, -0.25) is 14.5 Å². The number of rotatable bonds is 6. The van der Waals surface area contributed by atoms with Crippen LogP contribution < -0.4 is 14.7 Å². The molecule has 2 aromatic rings. The molecule has 10 heteroatoms. The first kappa shape index (κ1) is 24.6. The van der Waals surface area contributed by atoms with Gasteiger partial charge in [0.05, 0.1) is 22.0 Å². The fraction of sp³-hybridized carbons (Fsp3) is 0.348. The molecule has 1 atom stereocenters. The predicted octanol–water partition coefficient (Wildman–Crippen LogP) is 4.84. The molecule has 1 aromatic carbocycles. The van der Waals surface area contributed by atoms with Crippen molar-refractivity contribution in [2.75, 3.05) is 35.3 Å². The molecule has 3 rings (SSSR count). The summed E-state index contributed by atoms with van der Waals surface area (Å²) in [4.78, 5) is 34.5. The van der Waals surface area contributed by atoms with E-state index in [0.29, 0.717) is 22.9 Å². The molecule has 0 bridgehead atoms. The lowest BCUT2D eigenvalue weighted by Crippen LogP contribution is -2.46. The molecule has 2 heterocycles. The van der Waals surface area contributed by atoms with Gasteiger partial charge in [-0.2, -0.15) is 13.2 Å². The molecule has 0 radical (unpaired) electrons. The maximum Gasteiger partial charge on any atom is 0.416 e. The number of nitrogens with zero attached hydrogens (tertiary/aromatic N) is 4. The van der Waals surface area contributed by atoms with Gasteiger partial charge in [0.15, 0.2) is 0 Å². The Kier molecular flexibility index (Phi) is 7.02. The minimum Gasteiger partial charge on any atom is -0.368 e. The van der Waals surface area contributed by atoms with Gasteiger partial charge in [-0.25, -0.2) is 4.98 Å². The molecule has 0 aliphatic carbocycles. The van der Waals surface area contributed by atoms with Crippen LogP contribution in [0.25, 0.3) is 0 Å². The van der Waals surface area contributed by atoms with Gasteiger partial charge in [0.25, 0.3) is 0 Å². The smallest absolute Gasteiger partial charge is 0.368 e. The Hall–Kier alpha value is -3.07. The van der Waals surface area contributed by atoms with E-state index in [1.807, 2.05) is 4.90 Å². The molecule has 1 unspecified atom stereocenters. The number of anilines is 3. The van der Waals surface area contributed by atoms with Crippen LogP contribution in [-0.4, -0.2) is 43.5 Å². The number of amides is 2. The van der Waals surface area contributed by atoms with Crippen LogP contribution in [0.3, 0.4) is 0 Å². The first-order valence-corrected chi connectivity index (χ1v) is 10.6. The van der Waals surface area contributed by atoms with E-state index < -0.39 is 29.6 Å². The number of para-hydroxylation sites is 1. The lowest BCUT2D eigenvalue weighted by atomic mass is 10.1. The molecular weight excluding hydrogens is 457 g/mol. The van der Waals surface area contributed by atoms with Crippen molar-refractivity contribution >= 4 is 40.6 Å². The van der Waals surface area contributed by atoms with Gasteiger partial charge in [0, 0.05) is 32.8 Å². The number of benzene rings is 1. The number of carbonyl (C=O) groups is 2. The Balaban J connectivity index is 2.00. The number of aryl methyl sites for hydroxylation is 1. The van der Waals surface area contributed by atoms with Crippen LogP contribution in [0.2, 0.25) is 5.02 Å². The summed E-state index contributed by atoms with van der Waals surface area (Å²) in [5.74, 6) is -1.09. The largest absolute Gasteiger partial charge is 0.416 e. The zero-order chi connectivity index (χ0) is 24.5. The molecular formula is C23H24ClF3N4O2. The minimum absolute atomic E-state index is 0.0278. The number of pyridine rings is 1. The minimum atomic E-state index is -4.60. The van der Waals surface area contributed by atoms with E-state index in [2.05, 4.69) is 11.6 Å². The van der Waals surface area contributed by atoms with Crippen molar-refractivity contribution in [2.24, 2.45) is 0 Å². The van der Waals surface area contributed by atoms with Gasteiger partial charge in [-0.15, -0.1) is 6.58 Å². The van der Waals surface area contributed by atoms with Crippen molar-refractivity contribution < 1.29 is 22.8 Å². The molecule has 2 amide bonds. The molecule has 33 heavy (non-hydrogen) atoms. The summed E-state index contributed by atoms with van der Waals surface area (Å²) >= 11 is 6.40. The van der Waals surface area contributed by atoms with Crippen molar-refractivity contribution in [3.8, 4) is 0 Å². The third-order valence-electron chi connectivity index (χ3n) is 5.45. The van der Waals surface area contributed by atoms with E-state index >= 15 is 0 Å². The van der Waals surface area contributed by atoms with Crippen molar-refractivity contribution in [1.82, 2.24) is 4.98 Å². The highest BCUT2D eigenvalue weighted by molar-refractivity contribution is 6.34. The zero-order valence-electron chi connectivity index (χ0n) is 18.5. The first-order valence-electron chi connectivity index (χ1n) is 10.2. The summed E-state index contributed by atoms with van der Waals surface area (Å²) in [7, 11) is 3.34. The van der Waals surface area contributed by atoms with E-state index in [1.54, 1.807) is 38.4 Å². The fourth-order valence-corrected chi connectivity index (χ4v) is 4.24. The molecule has 0 N–H and O–H groups in total. The van der Waals surface area contributed by atoms with E-state index in [0.717, 1.165) is 17.0 Å². The average molecular weight is 481 g/mol. The Morgan fingerprint density at radius 2 is 2.03 bits per heavy atom. The summed E-state index contributed by atoms with van der Waals surface area (Å²) in [6.07, 6.45) is -2.72. The van der Waals surface area contributed by atoms with Crippen LogP contribution in [0.15, 0.2) is 43.0 Å². The van der Waals surface area contributed by atoms with Gasteiger partial charge in [-0.1, -0.05) is 23.7 Å². The molecule has 1 aliphatic heterocycles. The Morgan fingerprint density at radius 3 is 2.67 bits per heavy atom. The van der Waals surface area contributed by atoms with Gasteiger partial charge < -0.3 is 9.80 Å². The first-order chi connectivity index (χ1) is 15.5. The number of likely N-dealkylation sites (N-methyl/N-ethyl adjacent to an activating group) is 2. The summed E-state index contributed by atoms with van der Waals surface area (Å²) in [5, 5.41) is 0.422. The summed E-state index contributed by atoms with van der Waals surface area (Å²) in [6.45, 7) is 5.60. The quantitative estimate of drug-likeness (QED) is 0.555. The van der Waals surface area contributed by atoms with Gasteiger partial charge >= 0.3 is 6.18 Å². The monoisotopic (exact) mass is 480 g/mol. The molecule has 6 nitrogen and oxygen atoms in total. The fourth-order valence-electron chi connectivity index (χ4n) is 3.92. The average Bonchev–Trinajstić information content (AvgIpc) is 3.12. The van der Waals surface area contributed by atoms with Crippen LogP contribution in [0.5, 0.6) is 0 Å². The number of alkyl halides is 3.